The molecule has 0 radical (unpaired) electrons. The first-order chi connectivity index (χ1) is 10.5. The van der Waals surface area contributed by atoms with E-state index in [1.807, 2.05) is 19.1 Å². The zero-order valence-electron chi connectivity index (χ0n) is 13.0. The number of benzene rings is 2. The molecule has 0 saturated carbocycles. The average Bonchev–Trinajstić information content (AvgIpc) is 2.84. The van der Waals surface area contributed by atoms with Gasteiger partial charge in [0.1, 0.15) is 11.9 Å². The Kier molecular flexibility index (Phi) is 3.71. The van der Waals surface area contributed by atoms with Crippen molar-refractivity contribution in [1.82, 2.24) is 0 Å². The second-order valence-corrected chi connectivity index (χ2v) is 5.76. The fourth-order valence-corrected chi connectivity index (χ4v) is 3.04. The Hall–Kier alpha value is -2.20. The third-order valence-electron chi connectivity index (χ3n) is 4.24. The molecule has 1 aliphatic rings. The highest BCUT2D eigenvalue weighted by Gasteiger charge is 2.35. The molecule has 0 spiro atoms. The maximum absolute atomic E-state index is 9.71. The molecule has 22 heavy (non-hydrogen) atoms. The van der Waals surface area contributed by atoms with Crippen molar-refractivity contribution in [2.45, 2.75) is 32.5 Å². The van der Waals surface area contributed by atoms with Crippen molar-refractivity contribution in [2.75, 3.05) is 7.11 Å². The zero-order valence-corrected chi connectivity index (χ0v) is 13.0. The van der Waals surface area contributed by atoms with Gasteiger partial charge in [0, 0.05) is 17.0 Å². The van der Waals surface area contributed by atoms with Crippen LogP contribution in [-0.2, 0) is 6.61 Å². The Morgan fingerprint density at radius 2 is 2.00 bits per heavy atom. The topological polar surface area (TPSA) is 58.9 Å². The van der Waals surface area contributed by atoms with Gasteiger partial charge in [-0.1, -0.05) is 19.1 Å². The molecule has 4 heteroatoms. The number of rotatable bonds is 3. The molecule has 1 heterocycles. The highest BCUT2D eigenvalue weighted by molar-refractivity contribution is 5.54. The van der Waals surface area contributed by atoms with E-state index in [1.165, 1.54) is 0 Å². The molecule has 116 valence electrons. The van der Waals surface area contributed by atoms with Crippen molar-refractivity contribution < 1.29 is 19.7 Å². The van der Waals surface area contributed by atoms with Gasteiger partial charge in [-0.15, -0.1) is 0 Å². The van der Waals surface area contributed by atoms with E-state index >= 15 is 0 Å². The summed E-state index contributed by atoms with van der Waals surface area (Å²) in [5, 5.41) is 19.0. The van der Waals surface area contributed by atoms with E-state index in [0.717, 1.165) is 28.2 Å². The van der Waals surface area contributed by atoms with E-state index in [1.54, 1.807) is 19.2 Å². The van der Waals surface area contributed by atoms with Gasteiger partial charge in [-0.25, -0.2) is 0 Å². The number of fused-ring (bicyclic) bond motifs is 1. The lowest BCUT2D eigenvalue weighted by molar-refractivity contribution is 0.207. The van der Waals surface area contributed by atoms with Crippen LogP contribution in [0.4, 0.5) is 0 Å². The number of ether oxygens (including phenoxy) is 2. The van der Waals surface area contributed by atoms with E-state index in [9.17, 15) is 10.2 Å². The lowest BCUT2D eigenvalue weighted by Crippen LogP contribution is -2.07. The molecule has 2 N–H and O–H groups in total. The van der Waals surface area contributed by atoms with Gasteiger partial charge in [-0.05, 0) is 36.2 Å². The van der Waals surface area contributed by atoms with Gasteiger partial charge in [0.2, 0.25) is 0 Å². The highest BCUT2D eigenvalue weighted by atomic mass is 16.5. The summed E-state index contributed by atoms with van der Waals surface area (Å²) in [4.78, 5) is 0. The van der Waals surface area contributed by atoms with Crippen molar-refractivity contribution in [1.29, 1.82) is 0 Å². The summed E-state index contributed by atoms with van der Waals surface area (Å²) in [5.74, 6) is 1.79. The molecular weight excluding hydrogens is 280 g/mol. The predicted molar refractivity (Wildman–Crippen MR) is 83.5 cm³/mol. The van der Waals surface area contributed by atoms with Crippen LogP contribution in [0.15, 0.2) is 30.3 Å². The Morgan fingerprint density at radius 3 is 2.68 bits per heavy atom. The van der Waals surface area contributed by atoms with Crippen LogP contribution in [0.2, 0.25) is 0 Å². The fourth-order valence-electron chi connectivity index (χ4n) is 3.04. The van der Waals surface area contributed by atoms with Crippen molar-refractivity contribution in [3.63, 3.8) is 0 Å². The molecule has 0 fully saturated rings. The summed E-state index contributed by atoms with van der Waals surface area (Å²) < 4.78 is 11.6. The molecule has 0 amide bonds. The molecule has 0 bridgehead atoms. The van der Waals surface area contributed by atoms with Crippen molar-refractivity contribution in [3.05, 3.63) is 52.6 Å². The molecule has 0 aromatic heterocycles. The lowest BCUT2D eigenvalue weighted by Gasteiger charge is -2.17. The largest absolute Gasteiger partial charge is 0.508 e. The molecule has 2 atom stereocenters. The maximum atomic E-state index is 9.71. The standard InChI is InChI=1S/C18H20O4/c1-10-6-14-11(2)17(22-18(14)16(7-10)21-3)12-4-5-15(20)13(8-12)9-19/h4-8,11,17,19-20H,9H2,1-3H3. The molecular formula is C18H20O4. The number of aromatic hydroxyl groups is 1. The van der Waals surface area contributed by atoms with Gasteiger partial charge in [0.25, 0.3) is 0 Å². The maximum Gasteiger partial charge on any atom is 0.165 e. The van der Waals surface area contributed by atoms with Gasteiger partial charge in [0.15, 0.2) is 11.5 Å². The third kappa shape index (κ3) is 2.29. The molecule has 2 aromatic rings. The summed E-state index contributed by atoms with van der Waals surface area (Å²) in [6, 6.07) is 9.31. The zero-order chi connectivity index (χ0) is 15.9. The number of methoxy groups -OCH3 is 1. The van der Waals surface area contributed by atoms with Crippen molar-refractivity contribution in [2.24, 2.45) is 0 Å². The van der Waals surface area contributed by atoms with Crippen LogP contribution in [-0.4, -0.2) is 17.3 Å². The number of aryl methyl sites for hydroxylation is 1. The number of hydrogen-bond donors (Lipinski definition) is 2. The molecule has 0 saturated heterocycles. The van der Waals surface area contributed by atoms with Gasteiger partial charge in [-0.3, -0.25) is 0 Å². The van der Waals surface area contributed by atoms with Gasteiger partial charge >= 0.3 is 0 Å². The summed E-state index contributed by atoms with van der Waals surface area (Å²) >= 11 is 0. The Bertz CT molecular complexity index is 708. The minimum absolute atomic E-state index is 0.0999. The average molecular weight is 300 g/mol. The smallest absolute Gasteiger partial charge is 0.165 e. The predicted octanol–water partition coefficient (Wildman–Crippen LogP) is 3.44. The Morgan fingerprint density at radius 1 is 1.23 bits per heavy atom. The Balaban J connectivity index is 2.02. The van der Waals surface area contributed by atoms with Gasteiger partial charge < -0.3 is 19.7 Å². The van der Waals surface area contributed by atoms with Crippen LogP contribution in [0.1, 0.15) is 41.2 Å². The van der Waals surface area contributed by atoms with E-state index in [2.05, 4.69) is 13.0 Å². The van der Waals surface area contributed by atoms with Crippen LogP contribution in [0.5, 0.6) is 17.2 Å². The van der Waals surface area contributed by atoms with Crippen LogP contribution in [0.25, 0.3) is 0 Å². The monoisotopic (exact) mass is 300 g/mol. The van der Waals surface area contributed by atoms with E-state index < -0.39 is 0 Å². The van der Waals surface area contributed by atoms with Crippen LogP contribution >= 0.6 is 0 Å². The normalized spacial score (nSPS) is 19.6. The highest BCUT2D eigenvalue weighted by Crippen LogP contribution is 2.50. The second-order valence-electron chi connectivity index (χ2n) is 5.76. The second kappa shape index (κ2) is 5.54. The van der Waals surface area contributed by atoms with Crippen LogP contribution < -0.4 is 9.47 Å². The number of aliphatic hydroxyl groups excluding tert-OH is 1. The van der Waals surface area contributed by atoms with Gasteiger partial charge in [-0.2, -0.15) is 0 Å². The van der Waals surface area contributed by atoms with Crippen molar-refractivity contribution >= 4 is 0 Å². The van der Waals surface area contributed by atoms with E-state index in [4.69, 9.17) is 9.47 Å². The number of hydrogen-bond acceptors (Lipinski definition) is 4. The minimum Gasteiger partial charge on any atom is -0.508 e. The molecule has 2 aromatic carbocycles. The quantitative estimate of drug-likeness (QED) is 0.911. The summed E-state index contributed by atoms with van der Waals surface area (Å²) in [6.07, 6.45) is -0.156. The van der Waals surface area contributed by atoms with Crippen LogP contribution in [0.3, 0.4) is 0 Å². The SMILES string of the molecule is COc1cc(C)cc2c1OC(c1ccc(O)c(CO)c1)C2C. The molecule has 1 aliphatic heterocycles. The molecule has 0 aliphatic carbocycles. The summed E-state index contributed by atoms with van der Waals surface area (Å²) in [5.41, 5.74) is 3.70. The first-order valence-electron chi connectivity index (χ1n) is 7.33. The summed E-state index contributed by atoms with van der Waals surface area (Å²) in [6.45, 7) is 3.95. The fraction of sp³-hybridized carbons (Fsp3) is 0.333. The summed E-state index contributed by atoms with van der Waals surface area (Å²) in [7, 11) is 1.64. The third-order valence-corrected chi connectivity index (χ3v) is 4.24. The van der Waals surface area contributed by atoms with Gasteiger partial charge in [0.05, 0.1) is 13.7 Å². The lowest BCUT2D eigenvalue weighted by atomic mass is 9.91. The Labute approximate surface area is 129 Å². The minimum atomic E-state index is -0.198. The number of phenols is 1. The first-order valence-corrected chi connectivity index (χ1v) is 7.33. The first kappa shape index (κ1) is 14.7. The van der Waals surface area contributed by atoms with E-state index in [0.29, 0.717) is 5.56 Å². The van der Waals surface area contributed by atoms with Crippen LogP contribution in [0, 0.1) is 6.92 Å². The molecule has 3 rings (SSSR count). The van der Waals surface area contributed by atoms with E-state index in [-0.39, 0.29) is 24.4 Å². The molecule has 2 unspecified atom stereocenters. The molecule has 4 nitrogen and oxygen atoms in total. The van der Waals surface area contributed by atoms with Crippen molar-refractivity contribution in [3.8, 4) is 17.2 Å². The number of aliphatic hydroxyl groups is 1.